The Hall–Kier alpha value is -2.22. The molecule has 8 heteroatoms. The Labute approximate surface area is 120 Å². The Morgan fingerprint density at radius 1 is 1.35 bits per heavy atom. The van der Waals surface area contributed by atoms with E-state index in [2.05, 4.69) is 20.4 Å². The number of nitrogens with zero attached hydrogens (tertiary/aromatic N) is 6. The summed E-state index contributed by atoms with van der Waals surface area (Å²) in [5.74, 6) is 0.693. The number of nitrogens with one attached hydrogen (secondary N) is 1. The second kappa shape index (κ2) is 4.71. The minimum atomic E-state index is 0.530. The molecule has 0 saturated heterocycles. The molecule has 20 heavy (non-hydrogen) atoms. The van der Waals surface area contributed by atoms with Gasteiger partial charge >= 0.3 is 0 Å². The first-order chi connectivity index (χ1) is 9.60. The van der Waals surface area contributed by atoms with Crippen molar-refractivity contribution in [1.82, 2.24) is 34.3 Å². The molecule has 0 unspecified atom stereocenters. The minimum absolute atomic E-state index is 0.530. The van der Waals surface area contributed by atoms with Crippen molar-refractivity contribution in [3.8, 4) is 17.2 Å². The van der Waals surface area contributed by atoms with Crippen LogP contribution < -0.4 is 0 Å². The van der Waals surface area contributed by atoms with E-state index in [4.69, 9.17) is 12.2 Å². The fraction of sp³-hybridized carbons (Fsp3) is 0.333. The van der Waals surface area contributed by atoms with Gasteiger partial charge in [0.25, 0.3) is 0 Å². The second-order valence-corrected chi connectivity index (χ2v) is 4.90. The molecule has 0 fully saturated rings. The van der Waals surface area contributed by atoms with Crippen LogP contribution in [0.2, 0.25) is 0 Å². The van der Waals surface area contributed by atoms with Crippen molar-refractivity contribution in [1.29, 1.82) is 0 Å². The second-order valence-electron chi connectivity index (χ2n) is 4.52. The molecular formula is C12H15N7S. The van der Waals surface area contributed by atoms with Gasteiger partial charge in [-0.15, -0.1) is 0 Å². The standard InChI is InChI=1S/C12H15N7S/c1-4-18-6-5-9(16-18)11-13-14-12(20)19(11)10-7-17(3)15-8(10)2/h5-7H,4H2,1-3H3,(H,14,20). The van der Waals surface area contributed by atoms with Gasteiger partial charge in [-0.3, -0.25) is 19.0 Å². The van der Waals surface area contributed by atoms with E-state index >= 15 is 0 Å². The zero-order valence-electron chi connectivity index (χ0n) is 11.5. The summed E-state index contributed by atoms with van der Waals surface area (Å²) in [5, 5.41) is 15.9. The van der Waals surface area contributed by atoms with E-state index in [1.165, 1.54) is 0 Å². The summed E-state index contributed by atoms with van der Waals surface area (Å²) in [4.78, 5) is 0. The lowest BCUT2D eigenvalue weighted by Crippen LogP contribution is -2.00. The topological polar surface area (TPSA) is 69.2 Å². The molecular weight excluding hydrogens is 274 g/mol. The molecule has 0 aliphatic heterocycles. The molecule has 3 aromatic heterocycles. The molecule has 3 heterocycles. The van der Waals surface area contributed by atoms with Gasteiger partial charge < -0.3 is 0 Å². The summed E-state index contributed by atoms with van der Waals surface area (Å²) in [6.07, 6.45) is 3.84. The third-order valence-corrected chi connectivity index (χ3v) is 3.37. The molecule has 0 bridgehead atoms. The number of rotatable bonds is 3. The van der Waals surface area contributed by atoms with Crippen LogP contribution in [-0.2, 0) is 13.6 Å². The minimum Gasteiger partial charge on any atom is -0.273 e. The number of aryl methyl sites for hydroxylation is 3. The molecule has 1 N–H and O–H groups in total. The Morgan fingerprint density at radius 2 is 2.15 bits per heavy atom. The van der Waals surface area contributed by atoms with Crippen molar-refractivity contribution in [2.75, 3.05) is 0 Å². The van der Waals surface area contributed by atoms with Crippen LogP contribution in [0.25, 0.3) is 17.2 Å². The first-order valence-corrected chi connectivity index (χ1v) is 6.73. The van der Waals surface area contributed by atoms with E-state index < -0.39 is 0 Å². The zero-order valence-corrected chi connectivity index (χ0v) is 12.3. The predicted octanol–water partition coefficient (Wildman–Crippen LogP) is 1.86. The Morgan fingerprint density at radius 3 is 2.75 bits per heavy atom. The maximum absolute atomic E-state index is 5.33. The number of H-pyrrole nitrogens is 1. The maximum atomic E-state index is 5.33. The highest BCUT2D eigenvalue weighted by Crippen LogP contribution is 2.21. The average molecular weight is 289 g/mol. The lowest BCUT2D eigenvalue weighted by atomic mass is 10.3. The van der Waals surface area contributed by atoms with Crippen LogP contribution in [0.3, 0.4) is 0 Å². The lowest BCUT2D eigenvalue weighted by molar-refractivity contribution is 0.660. The monoisotopic (exact) mass is 289 g/mol. The summed E-state index contributed by atoms with van der Waals surface area (Å²) in [7, 11) is 1.88. The third kappa shape index (κ3) is 1.97. The number of hydrogen-bond donors (Lipinski definition) is 1. The van der Waals surface area contributed by atoms with Crippen molar-refractivity contribution in [2.45, 2.75) is 20.4 Å². The van der Waals surface area contributed by atoms with Gasteiger partial charge in [-0.05, 0) is 32.1 Å². The molecule has 0 aliphatic carbocycles. The van der Waals surface area contributed by atoms with E-state index in [0.29, 0.717) is 10.6 Å². The fourth-order valence-corrected chi connectivity index (χ4v) is 2.39. The molecule has 7 nitrogen and oxygen atoms in total. The Balaban J connectivity index is 2.19. The van der Waals surface area contributed by atoms with Gasteiger partial charge in [0.15, 0.2) is 10.6 Å². The highest BCUT2D eigenvalue weighted by molar-refractivity contribution is 7.71. The first kappa shape index (κ1) is 12.8. The highest BCUT2D eigenvalue weighted by Gasteiger charge is 2.16. The summed E-state index contributed by atoms with van der Waals surface area (Å²) in [6.45, 7) is 4.80. The van der Waals surface area contributed by atoms with Crippen LogP contribution in [0.5, 0.6) is 0 Å². The Kier molecular flexibility index (Phi) is 3.01. The van der Waals surface area contributed by atoms with Crippen LogP contribution in [0.4, 0.5) is 0 Å². The van der Waals surface area contributed by atoms with Gasteiger partial charge in [0, 0.05) is 26.0 Å². The molecule has 3 rings (SSSR count). The van der Waals surface area contributed by atoms with Crippen LogP contribution >= 0.6 is 12.2 Å². The third-order valence-electron chi connectivity index (χ3n) is 3.09. The van der Waals surface area contributed by atoms with Crippen LogP contribution in [0.1, 0.15) is 12.6 Å². The quantitative estimate of drug-likeness (QED) is 0.747. The molecule has 0 saturated carbocycles. The molecule has 0 aromatic carbocycles. The van der Waals surface area contributed by atoms with Crippen LogP contribution in [-0.4, -0.2) is 34.3 Å². The summed E-state index contributed by atoms with van der Waals surface area (Å²) < 4.78 is 6.00. The van der Waals surface area contributed by atoms with E-state index in [1.807, 2.05) is 48.6 Å². The number of aromatic nitrogens is 7. The molecule has 0 atom stereocenters. The van der Waals surface area contributed by atoms with Gasteiger partial charge in [0.2, 0.25) is 0 Å². The molecule has 0 spiro atoms. The van der Waals surface area contributed by atoms with Gasteiger partial charge in [0.05, 0.1) is 11.4 Å². The van der Waals surface area contributed by atoms with Gasteiger partial charge in [-0.2, -0.15) is 15.3 Å². The molecule has 104 valence electrons. The van der Waals surface area contributed by atoms with Crippen LogP contribution in [0, 0.1) is 11.7 Å². The van der Waals surface area contributed by atoms with Gasteiger partial charge in [-0.1, -0.05) is 0 Å². The van der Waals surface area contributed by atoms with Crippen molar-refractivity contribution >= 4 is 12.2 Å². The highest BCUT2D eigenvalue weighted by atomic mass is 32.1. The smallest absolute Gasteiger partial charge is 0.200 e. The lowest BCUT2D eigenvalue weighted by Gasteiger charge is -2.02. The summed E-state index contributed by atoms with van der Waals surface area (Å²) >= 11 is 5.33. The van der Waals surface area contributed by atoms with Gasteiger partial charge in [0.1, 0.15) is 5.69 Å². The largest absolute Gasteiger partial charge is 0.273 e. The van der Waals surface area contributed by atoms with E-state index in [0.717, 1.165) is 23.6 Å². The predicted molar refractivity (Wildman–Crippen MR) is 77.1 cm³/mol. The molecule has 3 aromatic rings. The van der Waals surface area contributed by atoms with Crippen molar-refractivity contribution in [3.63, 3.8) is 0 Å². The maximum Gasteiger partial charge on any atom is 0.200 e. The summed E-state index contributed by atoms with van der Waals surface area (Å²) in [5.41, 5.74) is 2.58. The van der Waals surface area contributed by atoms with Gasteiger partial charge in [-0.25, -0.2) is 0 Å². The fourth-order valence-electron chi connectivity index (χ4n) is 2.16. The molecule has 0 aliphatic rings. The number of hydrogen-bond acceptors (Lipinski definition) is 4. The Bertz CT molecular complexity index is 804. The molecule has 0 radical (unpaired) electrons. The molecule has 0 amide bonds. The first-order valence-electron chi connectivity index (χ1n) is 6.32. The normalized spacial score (nSPS) is 11.2. The van der Waals surface area contributed by atoms with Crippen LogP contribution in [0.15, 0.2) is 18.5 Å². The van der Waals surface area contributed by atoms with Crippen molar-refractivity contribution in [2.24, 2.45) is 7.05 Å². The zero-order chi connectivity index (χ0) is 14.3. The summed E-state index contributed by atoms with van der Waals surface area (Å²) in [6, 6.07) is 1.93. The van der Waals surface area contributed by atoms with Crippen molar-refractivity contribution < 1.29 is 0 Å². The van der Waals surface area contributed by atoms with E-state index in [9.17, 15) is 0 Å². The van der Waals surface area contributed by atoms with E-state index in [-0.39, 0.29) is 0 Å². The van der Waals surface area contributed by atoms with Crippen molar-refractivity contribution in [3.05, 3.63) is 28.9 Å². The average Bonchev–Trinajstić information content (AvgIpc) is 3.08. The van der Waals surface area contributed by atoms with E-state index in [1.54, 1.807) is 4.68 Å². The number of aromatic amines is 1. The SMILES string of the molecule is CCn1ccc(-c2n[nH]c(=S)n2-c2cn(C)nc2C)n1.